The first-order valence-corrected chi connectivity index (χ1v) is 9.18. The lowest BCUT2D eigenvalue weighted by molar-refractivity contribution is 0.106. The SMILES string of the molecule is CCCOC[C@H]1CCN(c2nc(-c3ccncc3)nc3c2CNC3)C1. The summed E-state index contributed by atoms with van der Waals surface area (Å²) in [5, 5.41) is 3.42. The zero-order valence-corrected chi connectivity index (χ0v) is 14.7. The van der Waals surface area contributed by atoms with Crippen molar-refractivity contribution in [1.82, 2.24) is 20.3 Å². The van der Waals surface area contributed by atoms with E-state index in [1.807, 2.05) is 12.1 Å². The average Bonchev–Trinajstić information content (AvgIpc) is 3.31. The zero-order chi connectivity index (χ0) is 17.1. The van der Waals surface area contributed by atoms with E-state index in [1.165, 1.54) is 12.0 Å². The highest BCUT2D eigenvalue weighted by molar-refractivity contribution is 5.61. The van der Waals surface area contributed by atoms with E-state index in [0.717, 1.165) is 68.7 Å². The molecule has 0 spiro atoms. The first-order chi connectivity index (χ1) is 12.3. The minimum absolute atomic E-state index is 0.593. The third-order valence-corrected chi connectivity index (χ3v) is 4.89. The van der Waals surface area contributed by atoms with Crippen LogP contribution in [0.5, 0.6) is 0 Å². The molecule has 6 nitrogen and oxygen atoms in total. The van der Waals surface area contributed by atoms with Crippen molar-refractivity contribution in [2.45, 2.75) is 32.9 Å². The van der Waals surface area contributed by atoms with Crippen LogP contribution in [0.15, 0.2) is 24.5 Å². The maximum absolute atomic E-state index is 5.76. The summed E-state index contributed by atoms with van der Waals surface area (Å²) in [7, 11) is 0. The van der Waals surface area contributed by atoms with Gasteiger partial charge < -0.3 is 15.0 Å². The monoisotopic (exact) mass is 339 g/mol. The van der Waals surface area contributed by atoms with E-state index in [4.69, 9.17) is 14.7 Å². The van der Waals surface area contributed by atoms with Crippen LogP contribution in [0.1, 0.15) is 31.0 Å². The number of hydrogen-bond acceptors (Lipinski definition) is 6. The minimum atomic E-state index is 0.593. The van der Waals surface area contributed by atoms with Crippen molar-refractivity contribution in [2.75, 3.05) is 31.2 Å². The Kier molecular flexibility index (Phi) is 4.90. The second-order valence-corrected chi connectivity index (χ2v) is 6.81. The van der Waals surface area contributed by atoms with Gasteiger partial charge in [-0.2, -0.15) is 0 Å². The molecule has 0 bridgehead atoms. The Morgan fingerprint density at radius 3 is 2.96 bits per heavy atom. The average molecular weight is 339 g/mol. The summed E-state index contributed by atoms with van der Waals surface area (Å²) in [5.74, 6) is 2.49. The minimum Gasteiger partial charge on any atom is -0.381 e. The molecule has 2 aromatic heterocycles. The highest BCUT2D eigenvalue weighted by atomic mass is 16.5. The van der Waals surface area contributed by atoms with Gasteiger partial charge in [0, 0.05) is 62.2 Å². The maximum atomic E-state index is 5.76. The molecule has 1 fully saturated rings. The van der Waals surface area contributed by atoms with E-state index in [2.05, 4.69) is 22.1 Å². The third kappa shape index (κ3) is 3.50. The van der Waals surface area contributed by atoms with Gasteiger partial charge in [0.1, 0.15) is 5.82 Å². The van der Waals surface area contributed by atoms with Crippen LogP contribution in [0.25, 0.3) is 11.4 Å². The summed E-state index contributed by atoms with van der Waals surface area (Å²) < 4.78 is 5.76. The van der Waals surface area contributed by atoms with Crippen molar-refractivity contribution in [3.63, 3.8) is 0 Å². The largest absolute Gasteiger partial charge is 0.381 e. The highest BCUT2D eigenvalue weighted by Crippen LogP contribution is 2.31. The second-order valence-electron chi connectivity index (χ2n) is 6.81. The number of aromatic nitrogens is 3. The molecule has 1 saturated heterocycles. The molecular formula is C19H25N5O. The Balaban J connectivity index is 1.58. The van der Waals surface area contributed by atoms with Crippen LogP contribution in [0.4, 0.5) is 5.82 Å². The molecule has 0 unspecified atom stereocenters. The molecule has 6 heteroatoms. The Morgan fingerprint density at radius 2 is 2.12 bits per heavy atom. The molecule has 2 aromatic rings. The summed E-state index contributed by atoms with van der Waals surface area (Å²) in [6.07, 6.45) is 5.83. The van der Waals surface area contributed by atoms with Gasteiger partial charge >= 0.3 is 0 Å². The highest BCUT2D eigenvalue weighted by Gasteiger charge is 2.29. The Hall–Kier alpha value is -2.05. The third-order valence-electron chi connectivity index (χ3n) is 4.89. The van der Waals surface area contributed by atoms with Crippen molar-refractivity contribution in [3.05, 3.63) is 35.8 Å². The molecule has 1 atom stereocenters. The van der Waals surface area contributed by atoms with Crippen molar-refractivity contribution < 1.29 is 4.74 Å². The van der Waals surface area contributed by atoms with Gasteiger partial charge in [-0.15, -0.1) is 0 Å². The normalized spacial score (nSPS) is 19.4. The molecule has 1 N–H and O–H groups in total. The molecule has 0 amide bonds. The predicted molar refractivity (Wildman–Crippen MR) is 97.2 cm³/mol. The topological polar surface area (TPSA) is 63.2 Å². The van der Waals surface area contributed by atoms with Gasteiger partial charge in [-0.1, -0.05) is 6.92 Å². The molecule has 4 rings (SSSR count). The first kappa shape index (κ1) is 16.4. The second kappa shape index (κ2) is 7.45. The van der Waals surface area contributed by atoms with E-state index < -0.39 is 0 Å². The molecule has 2 aliphatic heterocycles. The van der Waals surface area contributed by atoms with Gasteiger partial charge in [-0.3, -0.25) is 4.98 Å². The molecule has 25 heavy (non-hydrogen) atoms. The van der Waals surface area contributed by atoms with Crippen molar-refractivity contribution >= 4 is 5.82 Å². The zero-order valence-electron chi connectivity index (χ0n) is 14.7. The number of ether oxygens (including phenoxy) is 1. The fourth-order valence-electron chi connectivity index (χ4n) is 3.60. The number of fused-ring (bicyclic) bond motifs is 1. The Bertz CT molecular complexity index is 721. The maximum Gasteiger partial charge on any atom is 0.161 e. The quantitative estimate of drug-likeness (QED) is 0.816. The smallest absolute Gasteiger partial charge is 0.161 e. The van der Waals surface area contributed by atoms with Crippen LogP contribution in [-0.4, -0.2) is 41.3 Å². The van der Waals surface area contributed by atoms with Gasteiger partial charge in [-0.05, 0) is 25.0 Å². The van der Waals surface area contributed by atoms with Crippen LogP contribution in [0, 0.1) is 5.92 Å². The van der Waals surface area contributed by atoms with Crippen molar-refractivity contribution in [3.8, 4) is 11.4 Å². The number of anilines is 1. The molecule has 0 radical (unpaired) electrons. The molecule has 0 saturated carbocycles. The predicted octanol–water partition coefficient (Wildman–Crippen LogP) is 2.39. The molecule has 2 aliphatic rings. The number of nitrogens with one attached hydrogen (secondary N) is 1. The molecular weight excluding hydrogens is 314 g/mol. The van der Waals surface area contributed by atoms with Gasteiger partial charge in [0.15, 0.2) is 5.82 Å². The lowest BCUT2D eigenvalue weighted by atomic mass is 10.1. The standard InChI is InChI=1S/C19H25N5O/c1-2-9-25-13-14-5-8-24(12-14)19-16-10-21-11-17(16)22-18(23-19)15-3-6-20-7-4-15/h3-4,6-7,14,21H,2,5,8-13H2,1H3/t14-/m0/s1. The van der Waals surface area contributed by atoms with Gasteiger partial charge in [0.2, 0.25) is 0 Å². The summed E-state index contributed by atoms with van der Waals surface area (Å²) in [4.78, 5) is 16.2. The van der Waals surface area contributed by atoms with E-state index in [9.17, 15) is 0 Å². The summed E-state index contributed by atoms with van der Waals surface area (Å²) in [6, 6.07) is 3.94. The molecule has 132 valence electrons. The van der Waals surface area contributed by atoms with Crippen molar-refractivity contribution in [2.24, 2.45) is 5.92 Å². The number of rotatable bonds is 6. The lowest BCUT2D eigenvalue weighted by Gasteiger charge is -2.21. The Labute approximate surface area is 148 Å². The molecule has 0 aliphatic carbocycles. The summed E-state index contributed by atoms with van der Waals surface area (Å²) in [5.41, 5.74) is 3.41. The lowest BCUT2D eigenvalue weighted by Crippen LogP contribution is -2.24. The number of hydrogen-bond donors (Lipinski definition) is 1. The van der Waals surface area contributed by atoms with E-state index >= 15 is 0 Å². The van der Waals surface area contributed by atoms with Crippen LogP contribution in [0.2, 0.25) is 0 Å². The van der Waals surface area contributed by atoms with Crippen LogP contribution in [-0.2, 0) is 17.8 Å². The van der Waals surface area contributed by atoms with Gasteiger partial charge in [-0.25, -0.2) is 9.97 Å². The number of pyridine rings is 1. The van der Waals surface area contributed by atoms with E-state index in [1.54, 1.807) is 12.4 Å². The van der Waals surface area contributed by atoms with Crippen molar-refractivity contribution in [1.29, 1.82) is 0 Å². The summed E-state index contributed by atoms with van der Waals surface area (Å²) >= 11 is 0. The fourth-order valence-corrected chi connectivity index (χ4v) is 3.60. The van der Waals surface area contributed by atoms with E-state index in [-0.39, 0.29) is 0 Å². The first-order valence-electron chi connectivity index (χ1n) is 9.18. The van der Waals surface area contributed by atoms with Crippen LogP contribution < -0.4 is 10.2 Å². The molecule has 0 aromatic carbocycles. The van der Waals surface area contributed by atoms with Crippen LogP contribution in [0.3, 0.4) is 0 Å². The molecule has 4 heterocycles. The van der Waals surface area contributed by atoms with Gasteiger partial charge in [0.25, 0.3) is 0 Å². The fraction of sp³-hybridized carbons (Fsp3) is 0.526. The number of nitrogens with zero attached hydrogens (tertiary/aromatic N) is 4. The van der Waals surface area contributed by atoms with Crippen LogP contribution >= 0.6 is 0 Å². The summed E-state index contributed by atoms with van der Waals surface area (Å²) in [6.45, 7) is 7.60. The Morgan fingerprint density at radius 1 is 1.24 bits per heavy atom. The van der Waals surface area contributed by atoms with E-state index in [0.29, 0.717) is 5.92 Å². The van der Waals surface area contributed by atoms with Gasteiger partial charge in [0.05, 0.1) is 12.3 Å².